The van der Waals surface area contributed by atoms with Gasteiger partial charge in [0.05, 0.1) is 40.9 Å². The van der Waals surface area contributed by atoms with Crippen LogP contribution in [0.5, 0.6) is 0 Å². The van der Waals surface area contributed by atoms with Gasteiger partial charge < -0.3 is 41.2 Å². The monoisotopic (exact) mass is 860 g/mol. The molecule has 61 heavy (non-hydrogen) atoms. The van der Waals surface area contributed by atoms with Gasteiger partial charge in [0.1, 0.15) is 17.7 Å². The van der Waals surface area contributed by atoms with Crippen LogP contribution in [0.2, 0.25) is 0 Å². The number of likely N-dealkylation sites (tertiary alicyclic amines) is 1. The van der Waals surface area contributed by atoms with Crippen LogP contribution in [0.15, 0.2) is 54.0 Å². The third-order valence-corrected chi connectivity index (χ3v) is 12.3. The predicted molar refractivity (Wildman–Crippen MR) is 234 cm³/mol. The Morgan fingerprint density at radius 2 is 1.61 bits per heavy atom. The fourth-order valence-corrected chi connectivity index (χ4v) is 8.66. The number of thiazole rings is 1. The number of primary amides is 1. The second kappa shape index (κ2) is 20.3. The van der Waals surface area contributed by atoms with Gasteiger partial charge in [0.25, 0.3) is 0 Å². The van der Waals surface area contributed by atoms with E-state index in [1.807, 2.05) is 76.5 Å². The number of hydrogen-bond donors (Lipinski definition) is 5. The highest BCUT2D eigenvalue weighted by molar-refractivity contribution is 7.13. The maximum atomic E-state index is 14.1. The van der Waals surface area contributed by atoms with E-state index in [1.165, 1.54) is 10.5 Å². The number of carbonyl (C=O) groups excluding carboxylic acids is 5. The zero-order valence-electron chi connectivity index (χ0n) is 36.8. The zero-order valence-corrected chi connectivity index (χ0v) is 37.6. The topological polar surface area (TPSA) is 202 Å². The number of hydrogen-bond acceptors (Lipinski definition) is 10. The SMILES string of the molecule is Cc1ncsc1-c1ccc(CNC(=O)[C@@H]2C[C@@H](O)CN2C(=O)[C@@H](NC(=O)CC2CC(c3ccc(CO[C@H](C)[C@H](CCC(N)=O)NC(=O)OC(C)(C)C)cc3)C2)C(C)(C)C)cc1. The minimum Gasteiger partial charge on any atom is -0.444 e. The van der Waals surface area contributed by atoms with Crippen LogP contribution in [0, 0.1) is 18.3 Å². The van der Waals surface area contributed by atoms with Crippen LogP contribution in [0.1, 0.15) is 115 Å². The van der Waals surface area contributed by atoms with Crippen LogP contribution >= 0.6 is 11.3 Å². The Kier molecular flexibility index (Phi) is 15.7. The summed E-state index contributed by atoms with van der Waals surface area (Å²) in [5, 5.41) is 19.4. The maximum Gasteiger partial charge on any atom is 0.407 e. The van der Waals surface area contributed by atoms with Crippen molar-refractivity contribution in [1.82, 2.24) is 25.8 Å². The Labute approximate surface area is 363 Å². The van der Waals surface area contributed by atoms with Crippen LogP contribution in [0.25, 0.3) is 10.4 Å². The van der Waals surface area contributed by atoms with Crippen molar-refractivity contribution in [2.45, 2.75) is 149 Å². The number of alkyl carbamates (subject to hydrolysis) is 1. The molecule has 0 bridgehead atoms. The summed E-state index contributed by atoms with van der Waals surface area (Å²) in [6.45, 7) is 15.4. The number of aromatic nitrogens is 1. The molecule has 332 valence electrons. The standard InChI is InChI=1S/C46H64N6O8S/c1-27-40(61-26-49-27)33-15-9-29(10-16-33)23-48-42(56)37-22-35(53)24-52(37)43(57)41(45(3,4)5)51-39(55)21-31-19-34(20-31)32-13-11-30(12-14-32)25-59-28(2)36(17-18-38(47)54)50-44(58)60-46(6,7)8/h9-16,26,28,31,34-37,41,53H,17-25H2,1-8H3,(H2,47,54)(H,48,56)(H,50,58)(H,51,55)/t28-,31?,34?,35-,36+,37+,41-/m1/s1. The molecule has 6 N–H and O–H groups in total. The molecule has 14 nitrogen and oxygen atoms in total. The van der Waals surface area contributed by atoms with E-state index in [1.54, 1.807) is 32.1 Å². The third kappa shape index (κ3) is 13.6. The first-order chi connectivity index (χ1) is 28.7. The van der Waals surface area contributed by atoms with Gasteiger partial charge in [-0.25, -0.2) is 9.78 Å². The minimum absolute atomic E-state index is 0.0132. The molecule has 1 saturated heterocycles. The van der Waals surface area contributed by atoms with E-state index in [0.29, 0.717) is 18.9 Å². The molecule has 2 aromatic carbocycles. The molecule has 2 fully saturated rings. The molecule has 5 atom stereocenters. The van der Waals surface area contributed by atoms with Gasteiger partial charge in [0, 0.05) is 32.4 Å². The molecule has 0 unspecified atom stereocenters. The molecule has 0 spiro atoms. The number of benzene rings is 2. The summed E-state index contributed by atoms with van der Waals surface area (Å²) in [6.07, 6.45) is 0.624. The van der Waals surface area contributed by atoms with E-state index >= 15 is 0 Å². The van der Waals surface area contributed by atoms with E-state index in [0.717, 1.165) is 40.1 Å². The summed E-state index contributed by atoms with van der Waals surface area (Å²) in [5.41, 5.74) is 10.9. The lowest BCUT2D eigenvalue weighted by Crippen LogP contribution is -2.58. The largest absolute Gasteiger partial charge is 0.444 e. The molecule has 3 aromatic rings. The second-order valence-electron chi connectivity index (χ2n) is 18.7. The second-order valence-corrected chi connectivity index (χ2v) is 19.6. The molecular weight excluding hydrogens is 797 g/mol. The normalized spacial score (nSPS) is 20.5. The molecule has 5 rings (SSSR count). The van der Waals surface area contributed by atoms with Crippen molar-refractivity contribution in [3.8, 4) is 10.4 Å². The molecule has 0 radical (unpaired) electrons. The van der Waals surface area contributed by atoms with Crippen molar-refractivity contribution in [1.29, 1.82) is 0 Å². The van der Waals surface area contributed by atoms with Crippen molar-refractivity contribution in [2.75, 3.05) is 6.54 Å². The van der Waals surface area contributed by atoms with E-state index < -0.39 is 53.3 Å². The fraction of sp³-hybridized carbons (Fsp3) is 0.565. The van der Waals surface area contributed by atoms with Gasteiger partial charge in [-0.2, -0.15) is 0 Å². The number of nitrogens with one attached hydrogen (secondary N) is 3. The van der Waals surface area contributed by atoms with Gasteiger partial charge in [0.15, 0.2) is 0 Å². The molecule has 1 saturated carbocycles. The Bertz CT molecular complexity index is 1980. The summed E-state index contributed by atoms with van der Waals surface area (Å²) in [6, 6.07) is 13.8. The Hall–Kier alpha value is -4.86. The van der Waals surface area contributed by atoms with Crippen LogP contribution in [-0.2, 0) is 41.8 Å². The summed E-state index contributed by atoms with van der Waals surface area (Å²) in [5.74, 6) is -0.950. The van der Waals surface area contributed by atoms with Gasteiger partial charge in [-0.3, -0.25) is 19.2 Å². The number of aryl methyl sites for hydroxylation is 1. The van der Waals surface area contributed by atoms with E-state index in [9.17, 15) is 29.1 Å². The average molecular weight is 861 g/mol. The number of ether oxygens (including phenoxy) is 2. The quantitative estimate of drug-likeness (QED) is 0.110. The summed E-state index contributed by atoms with van der Waals surface area (Å²) >= 11 is 1.58. The van der Waals surface area contributed by atoms with Crippen molar-refractivity contribution in [2.24, 2.45) is 17.1 Å². The molecule has 2 heterocycles. The van der Waals surface area contributed by atoms with E-state index in [2.05, 4.69) is 33.1 Å². The van der Waals surface area contributed by atoms with Crippen LogP contribution in [0.4, 0.5) is 4.79 Å². The number of amides is 5. The predicted octanol–water partition coefficient (Wildman–Crippen LogP) is 5.88. The van der Waals surface area contributed by atoms with Crippen molar-refractivity contribution in [3.05, 3.63) is 76.4 Å². The summed E-state index contributed by atoms with van der Waals surface area (Å²) < 4.78 is 11.5. The Morgan fingerprint density at radius 1 is 0.951 bits per heavy atom. The molecule has 2 aliphatic rings. The lowest BCUT2D eigenvalue weighted by atomic mass is 9.70. The molecular formula is C46H64N6O8S. The van der Waals surface area contributed by atoms with Crippen LogP contribution in [-0.4, -0.2) is 87.2 Å². The highest BCUT2D eigenvalue weighted by Gasteiger charge is 2.45. The van der Waals surface area contributed by atoms with Gasteiger partial charge in [-0.15, -0.1) is 11.3 Å². The number of nitrogens with two attached hydrogens (primary N) is 1. The average Bonchev–Trinajstić information content (AvgIpc) is 3.78. The number of nitrogens with zero attached hydrogens (tertiary/aromatic N) is 2. The molecule has 15 heteroatoms. The first-order valence-corrected chi connectivity index (χ1v) is 22.1. The maximum absolute atomic E-state index is 14.1. The summed E-state index contributed by atoms with van der Waals surface area (Å²) in [7, 11) is 0. The van der Waals surface area contributed by atoms with Gasteiger partial charge in [0.2, 0.25) is 23.6 Å². The van der Waals surface area contributed by atoms with Crippen molar-refractivity contribution in [3.63, 3.8) is 0 Å². The fourth-order valence-electron chi connectivity index (χ4n) is 7.85. The number of aliphatic hydroxyl groups excluding tert-OH is 1. The Balaban J connectivity index is 1.09. The third-order valence-electron chi connectivity index (χ3n) is 11.4. The number of carbonyl (C=O) groups is 5. The van der Waals surface area contributed by atoms with E-state index in [4.69, 9.17) is 15.2 Å². The molecule has 1 aromatic heterocycles. The van der Waals surface area contributed by atoms with Gasteiger partial charge in [-0.05, 0) is 93.4 Å². The highest BCUT2D eigenvalue weighted by atomic mass is 32.1. The number of aliphatic hydroxyl groups is 1. The van der Waals surface area contributed by atoms with Crippen molar-refractivity contribution < 1.29 is 38.6 Å². The summed E-state index contributed by atoms with van der Waals surface area (Å²) in [4.78, 5) is 71.8. The minimum atomic E-state index is -0.886. The zero-order chi connectivity index (χ0) is 44.6. The van der Waals surface area contributed by atoms with Gasteiger partial charge in [-0.1, -0.05) is 69.3 Å². The lowest BCUT2D eigenvalue weighted by molar-refractivity contribution is -0.144. The van der Waals surface area contributed by atoms with Crippen LogP contribution in [0.3, 0.4) is 0 Å². The molecule has 5 amide bonds. The van der Waals surface area contributed by atoms with Crippen LogP contribution < -0.4 is 21.7 Å². The molecule has 1 aliphatic heterocycles. The lowest BCUT2D eigenvalue weighted by Gasteiger charge is -2.38. The molecule has 1 aliphatic carbocycles. The van der Waals surface area contributed by atoms with Gasteiger partial charge >= 0.3 is 6.09 Å². The highest BCUT2D eigenvalue weighted by Crippen LogP contribution is 2.43. The van der Waals surface area contributed by atoms with E-state index in [-0.39, 0.29) is 56.0 Å². The first kappa shape index (κ1) is 47.2. The Morgan fingerprint density at radius 3 is 2.20 bits per heavy atom. The smallest absolute Gasteiger partial charge is 0.407 e. The number of rotatable bonds is 17. The van der Waals surface area contributed by atoms with Crippen molar-refractivity contribution >= 4 is 41.1 Å². The number of β-amino-alcohol motifs (C(OH)–C–C–N with tert-alkyl or cyclic N) is 1. The first-order valence-electron chi connectivity index (χ1n) is 21.2.